The van der Waals surface area contributed by atoms with Crippen molar-refractivity contribution in [3.8, 4) is 5.75 Å². The van der Waals surface area contributed by atoms with Crippen molar-refractivity contribution in [3.05, 3.63) is 64.7 Å². The summed E-state index contributed by atoms with van der Waals surface area (Å²) in [6.45, 7) is 2.93. The second-order valence-corrected chi connectivity index (χ2v) is 5.36. The molecule has 0 spiro atoms. The molecule has 1 atom stereocenters. The minimum Gasteiger partial charge on any atom is -0.493 e. The van der Waals surface area contributed by atoms with Crippen molar-refractivity contribution in [2.24, 2.45) is 0 Å². The van der Waals surface area contributed by atoms with Crippen molar-refractivity contribution in [2.75, 3.05) is 6.61 Å². The van der Waals surface area contributed by atoms with Crippen LogP contribution in [-0.2, 0) is 12.8 Å². The van der Waals surface area contributed by atoms with Gasteiger partial charge in [0.2, 0.25) is 0 Å². The number of benzene rings is 2. The second-order valence-electron chi connectivity index (χ2n) is 5.36. The molecule has 0 amide bonds. The first-order chi connectivity index (χ1) is 9.78. The van der Waals surface area contributed by atoms with Gasteiger partial charge in [0.05, 0.1) is 6.61 Å². The zero-order chi connectivity index (χ0) is 13.9. The highest BCUT2D eigenvalue weighted by Crippen LogP contribution is 2.30. The summed E-state index contributed by atoms with van der Waals surface area (Å²) in [5.41, 5.74) is 4.41. The Morgan fingerprint density at radius 3 is 2.60 bits per heavy atom. The van der Waals surface area contributed by atoms with Crippen LogP contribution in [0.15, 0.2) is 42.5 Å². The average Bonchev–Trinajstić information content (AvgIpc) is 2.95. The van der Waals surface area contributed by atoms with Crippen LogP contribution in [-0.4, -0.2) is 11.7 Å². The minimum absolute atomic E-state index is 0.559. The molecule has 0 bridgehead atoms. The lowest BCUT2D eigenvalue weighted by Crippen LogP contribution is -2.00. The molecule has 1 N–H and O–H groups in total. The first-order valence-electron chi connectivity index (χ1n) is 7.30. The summed E-state index contributed by atoms with van der Waals surface area (Å²) in [6, 6.07) is 14.3. The fraction of sp³-hybridized carbons (Fsp3) is 0.333. The number of hydrogen-bond acceptors (Lipinski definition) is 2. The van der Waals surface area contributed by atoms with E-state index in [1.54, 1.807) is 0 Å². The Labute approximate surface area is 120 Å². The van der Waals surface area contributed by atoms with Crippen LogP contribution in [0.1, 0.15) is 41.7 Å². The molecule has 0 radical (unpaired) electrons. The van der Waals surface area contributed by atoms with E-state index in [4.69, 9.17) is 4.74 Å². The molecule has 3 rings (SSSR count). The first kappa shape index (κ1) is 13.2. The summed E-state index contributed by atoms with van der Waals surface area (Å²) in [6.07, 6.45) is 2.61. The van der Waals surface area contributed by atoms with E-state index in [0.29, 0.717) is 0 Å². The van der Waals surface area contributed by atoms with Gasteiger partial charge in [-0.2, -0.15) is 0 Å². The Balaban J connectivity index is 1.82. The lowest BCUT2D eigenvalue weighted by molar-refractivity contribution is 0.220. The van der Waals surface area contributed by atoms with Gasteiger partial charge in [0.15, 0.2) is 0 Å². The van der Waals surface area contributed by atoms with E-state index in [0.717, 1.165) is 42.7 Å². The Bertz CT molecular complexity index is 587. The Hall–Kier alpha value is -1.80. The molecule has 0 aliphatic carbocycles. The zero-order valence-corrected chi connectivity index (χ0v) is 11.8. The summed E-state index contributed by atoms with van der Waals surface area (Å²) >= 11 is 0. The van der Waals surface area contributed by atoms with Crippen LogP contribution < -0.4 is 4.74 Å². The van der Waals surface area contributed by atoms with Crippen molar-refractivity contribution >= 4 is 0 Å². The average molecular weight is 268 g/mol. The molecule has 2 aromatic carbocycles. The van der Waals surface area contributed by atoms with E-state index in [9.17, 15) is 5.11 Å². The largest absolute Gasteiger partial charge is 0.493 e. The third-order valence-electron chi connectivity index (χ3n) is 3.86. The van der Waals surface area contributed by atoms with Gasteiger partial charge in [0, 0.05) is 6.42 Å². The monoisotopic (exact) mass is 268 g/mol. The molecule has 0 aromatic heterocycles. The maximum atomic E-state index is 10.5. The van der Waals surface area contributed by atoms with Crippen molar-refractivity contribution < 1.29 is 9.84 Å². The number of aliphatic hydroxyl groups is 1. The van der Waals surface area contributed by atoms with Crippen molar-refractivity contribution in [1.82, 2.24) is 0 Å². The van der Waals surface area contributed by atoms with E-state index in [1.165, 1.54) is 11.1 Å². The fourth-order valence-corrected chi connectivity index (χ4v) is 2.72. The topological polar surface area (TPSA) is 29.5 Å². The molecule has 1 aliphatic heterocycles. The number of rotatable bonds is 4. The predicted molar refractivity (Wildman–Crippen MR) is 80.1 cm³/mol. The third kappa shape index (κ3) is 2.56. The van der Waals surface area contributed by atoms with E-state index < -0.39 is 6.10 Å². The van der Waals surface area contributed by atoms with Gasteiger partial charge in [0.1, 0.15) is 11.9 Å². The zero-order valence-electron chi connectivity index (χ0n) is 11.8. The highest BCUT2D eigenvalue weighted by molar-refractivity contribution is 5.42. The standard InChI is InChI=1S/C18H20O2/c1-2-3-13-4-6-14(7-5-13)18(19)16-8-9-17-15(12-16)10-11-20-17/h4-9,12,18-19H,2-3,10-11H2,1H3. The van der Waals surface area contributed by atoms with Crippen molar-refractivity contribution in [2.45, 2.75) is 32.3 Å². The number of ether oxygens (including phenoxy) is 1. The van der Waals surface area contributed by atoms with Crippen LogP contribution in [0.2, 0.25) is 0 Å². The van der Waals surface area contributed by atoms with Crippen LogP contribution >= 0.6 is 0 Å². The molecule has 0 saturated heterocycles. The number of aliphatic hydroxyl groups excluding tert-OH is 1. The predicted octanol–water partition coefficient (Wildman–Crippen LogP) is 3.66. The Kier molecular flexibility index (Phi) is 3.75. The van der Waals surface area contributed by atoms with Gasteiger partial charge in [-0.1, -0.05) is 43.7 Å². The molecule has 1 aliphatic rings. The summed E-state index contributed by atoms with van der Waals surface area (Å²) in [5.74, 6) is 0.958. The summed E-state index contributed by atoms with van der Waals surface area (Å²) in [7, 11) is 0. The van der Waals surface area contributed by atoms with Crippen molar-refractivity contribution in [3.63, 3.8) is 0 Å². The molecule has 2 aromatic rings. The smallest absolute Gasteiger partial charge is 0.122 e. The number of hydrogen-bond donors (Lipinski definition) is 1. The molecule has 2 nitrogen and oxygen atoms in total. The number of fused-ring (bicyclic) bond motifs is 1. The molecule has 104 valence electrons. The van der Waals surface area contributed by atoms with E-state index >= 15 is 0 Å². The Morgan fingerprint density at radius 2 is 1.85 bits per heavy atom. The highest BCUT2D eigenvalue weighted by atomic mass is 16.5. The van der Waals surface area contributed by atoms with Crippen LogP contribution in [0.4, 0.5) is 0 Å². The van der Waals surface area contributed by atoms with Gasteiger partial charge in [-0.05, 0) is 40.8 Å². The van der Waals surface area contributed by atoms with Crippen LogP contribution in [0, 0.1) is 0 Å². The summed E-state index contributed by atoms with van der Waals surface area (Å²) in [5, 5.41) is 10.5. The summed E-state index contributed by atoms with van der Waals surface area (Å²) < 4.78 is 5.50. The van der Waals surface area contributed by atoms with Crippen LogP contribution in [0.3, 0.4) is 0 Å². The molecular weight excluding hydrogens is 248 g/mol. The molecule has 1 heterocycles. The SMILES string of the molecule is CCCc1ccc(C(O)c2ccc3c(c2)CCO3)cc1. The van der Waals surface area contributed by atoms with Gasteiger partial charge in [0.25, 0.3) is 0 Å². The molecule has 20 heavy (non-hydrogen) atoms. The van der Waals surface area contributed by atoms with Crippen LogP contribution in [0.5, 0.6) is 5.75 Å². The van der Waals surface area contributed by atoms with Gasteiger partial charge < -0.3 is 9.84 Å². The van der Waals surface area contributed by atoms with Crippen LogP contribution in [0.25, 0.3) is 0 Å². The normalized spacial score (nSPS) is 14.7. The molecule has 1 unspecified atom stereocenters. The quantitative estimate of drug-likeness (QED) is 0.917. The third-order valence-corrected chi connectivity index (χ3v) is 3.86. The first-order valence-corrected chi connectivity index (χ1v) is 7.30. The highest BCUT2D eigenvalue weighted by Gasteiger charge is 2.16. The maximum absolute atomic E-state index is 10.5. The second kappa shape index (κ2) is 5.68. The van der Waals surface area contributed by atoms with Gasteiger partial charge in [-0.3, -0.25) is 0 Å². The van der Waals surface area contributed by atoms with E-state index in [2.05, 4.69) is 25.1 Å². The molecule has 0 fully saturated rings. The van der Waals surface area contributed by atoms with Crippen molar-refractivity contribution in [1.29, 1.82) is 0 Å². The lowest BCUT2D eigenvalue weighted by atomic mass is 9.97. The number of aryl methyl sites for hydroxylation is 1. The Morgan fingerprint density at radius 1 is 1.10 bits per heavy atom. The molecular formula is C18H20O2. The molecule has 2 heteroatoms. The van der Waals surface area contributed by atoms with E-state index in [-0.39, 0.29) is 0 Å². The molecule has 0 saturated carbocycles. The van der Waals surface area contributed by atoms with Gasteiger partial charge >= 0.3 is 0 Å². The lowest BCUT2D eigenvalue weighted by Gasteiger charge is -2.13. The van der Waals surface area contributed by atoms with Gasteiger partial charge in [-0.15, -0.1) is 0 Å². The summed E-state index contributed by atoms with van der Waals surface area (Å²) in [4.78, 5) is 0. The minimum atomic E-state index is -0.559. The van der Waals surface area contributed by atoms with Gasteiger partial charge in [-0.25, -0.2) is 0 Å². The maximum Gasteiger partial charge on any atom is 0.122 e. The van der Waals surface area contributed by atoms with E-state index in [1.807, 2.05) is 24.3 Å². The fourth-order valence-electron chi connectivity index (χ4n) is 2.72.